The molecule has 0 rings (SSSR count). The van der Waals surface area contributed by atoms with Crippen LogP contribution in [0.5, 0.6) is 0 Å². The van der Waals surface area contributed by atoms with Gasteiger partial charge < -0.3 is 32.3 Å². The number of aliphatic carboxylic acids is 2. The van der Waals surface area contributed by atoms with Crippen LogP contribution in [0.25, 0.3) is 0 Å². The number of nitrogens with two attached hydrogens (primary N) is 2. The van der Waals surface area contributed by atoms with Gasteiger partial charge in [-0.3, -0.25) is 19.2 Å². The highest BCUT2D eigenvalue weighted by Gasteiger charge is 2.11. The van der Waals surface area contributed by atoms with Gasteiger partial charge in [0.15, 0.2) is 0 Å². The third-order valence-electron chi connectivity index (χ3n) is 4.22. The van der Waals surface area contributed by atoms with Crippen LogP contribution in [0.2, 0.25) is 0 Å². The quantitative estimate of drug-likeness (QED) is 0.183. The number of unbranched alkanes of at least 4 members (excludes halogenated alkanes) is 3. The molecular formula is C18H34N4O6. The topological polar surface area (TPSA) is 185 Å². The maximum Gasteiger partial charge on any atom is 0.320 e. The van der Waals surface area contributed by atoms with E-state index in [0.717, 1.165) is 0 Å². The van der Waals surface area contributed by atoms with Gasteiger partial charge in [-0.05, 0) is 51.4 Å². The summed E-state index contributed by atoms with van der Waals surface area (Å²) in [7, 11) is 0. The molecule has 0 aromatic carbocycles. The average molecular weight is 402 g/mol. The monoisotopic (exact) mass is 402 g/mol. The van der Waals surface area contributed by atoms with Gasteiger partial charge in [-0.15, -0.1) is 0 Å². The minimum atomic E-state index is -1.02. The molecule has 0 aromatic heterocycles. The summed E-state index contributed by atoms with van der Waals surface area (Å²) >= 11 is 0. The third kappa shape index (κ3) is 14.9. The zero-order valence-electron chi connectivity index (χ0n) is 16.3. The van der Waals surface area contributed by atoms with E-state index in [0.29, 0.717) is 77.3 Å². The molecule has 0 saturated heterocycles. The van der Waals surface area contributed by atoms with Crippen LogP contribution in [0, 0.1) is 0 Å². The summed E-state index contributed by atoms with van der Waals surface area (Å²) < 4.78 is 0. The first-order valence-corrected chi connectivity index (χ1v) is 9.74. The molecule has 0 aliphatic carbocycles. The molecule has 0 fully saturated rings. The lowest BCUT2D eigenvalue weighted by Crippen LogP contribution is -2.30. The van der Waals surface area contributed by atoms with Crippen molar-refractivity contribution < 1.29 is 29.4 Å². The average Bonchev–Trinajstić information content (AvgIpc) is 2.64. The van der Waals surface area contributed by atoms with Crippen LogP contribution >= 0.6 is 0 Å². The van der Waals surface area contributed by atoms with Crippen molar-refractivity contribution in [2.45, 2.75) is 76.3 Å². The van der Waals surface area contributed by atoms with Crippen LogP contribution in [0.15, 0.2) is 0 Å². The van der Waals surface area contributed by atoms with Crippen molar-refractivity contribution in [2.75, 3.05) is 13.1 Å². The van der Waals surface area contributed by atoms with E-state index in [4.69, 9.17) is 21.7 Å². The van der Waals surface area contributed by atoms with Crippen molar-refractivity contribution in [2.24, 2.45) is 11.5 Å². The highest BCUT2D eigenvalue weighted by molar-refractivity contribution is 5.77. The van der Waals surface area contributed by atoms with Crippen molar-refractivity contribution in [1.29, 1.82) is 0 Å². The van der Waals surface area contributed by atoms with Crippen molar-refractivity contribution >= 4 is 23.8 Å². The van der Waals surface area contributed by atoms with Crippen LogP contribution in [-0.2, 0) is 19.2 Å². The predicted molar refractivity (Wildman–Crippen MR) is 103 cm³/mol. The molecule has 0 saturated carbocycles. The highest BCUT2D eigenvalue weighted by atomic mass is 16.4. The summed E-state index contributed by atoms with van der Waals surface area (Å²) in [5.74, 6) is -2.21. The molecule has 28 heavy (non-hydrogen) atoms. The molecule has 0 aliphatic heterocycles. The Hall–Kier alpha value is -2.20. The summed E-state index contributed by atoms with van der Waals surface area (Å²) in [5, 5.41) is 22.8. The Balaban J connectivity index is 3.50. The second kappa shape index (κ2) is 15.8. The van der Waals surface area contributed by atoms with Gasteiger partial charge in [0.25, 0.3) is 0 Å². The number of rotatable bonds is 17. The number of carboxylic acid groups (broad SMARTS) is 2. The Kier molecular flexibility index (Phi) is 14.6. The fraction of sp³-hybridized carbons (Fsp3) is 0.778. The van der Waals surface area contributed by atoms with E-state index in [-0.39, 0.29) is 11.8 Å². The molecule has 0 radical (unpaired) electrons. The molecule has 0 bridgehead atoms. The van der Waals surface area contributed by atoms with E-state index in [1.54, 1.807) is 0 Å². The molecular weight excluding hydrogens is 368 g/mol. The Morgan fingerprint density at radius 2 is 1.00 bits per heavy atom. The van der Waals surface area contributed by atoms with Crippen LogP contribution in [0.4, 0.5) is 0 Å². The molecule has 0 unspecified atom stereocenters. The van der Waals surface area contributed by atoms with Gasteiger partial charge in [-0.1, -0.05) is 0 Å². The zero-order chi connectivity index (χ0) is 21.4. The van der Waals surface area contributed by atoms with E-state index in [1.807, 2.05) is 0 Å². The highest BCUT2D eigenvalue weighted by Crippen LogP contribution is 2.02. The molecule has 162 valence electrons. The smallest absolute Gasteiger partial charge is 0.320 e. The van der Waals surface area contributed by atoms with E-state index in [9.17, 15) is 19.2 Å². The Morgan fingerprint density at radius 1 is 0.643 bits per heavy atom. The molecule has 10 nitrogen and oxygen atoms in total. The molecule has 10 heteroatoms. The molecule has 0 heterocycles. The first kappa shape index (κ1) is 25.8. The maximum atomic E-state index is 11.7. The number of hydrogen-bond acceptors (Lipinski definition) is 6. The lowest BCUT2D eigenvalue weighted by atomic mass is 10.1. The van der Waals surface area contributed by atoms with Crippen molar-refractivity contribution in [3.05, 3.63) is 0 Å². The number of carbonyl (C=O) groups is 4. The van der Waals surface area contributed by atoms with E-state index in [1.165, 1.54) is 0 Å². The SMILES string of the molecule is N[C@@H](CCCCNC(=O)CCCCC(=O)NCCCC[C@H](N)C(=O)O)C(=O)O. The van der Waals surface area contributed by atoms with E-state index >= 15 is 0 Å². The van der Waals surface area contributed by atoms with Crippen LogP contribution in [0.1, 0.15) is 64.2 Å². The lowest BCUT2D eigenvalue weighted by molar-refractivity contribution is -0.139. The second-order valence-electron chi connectivity index (χ2n) is 6.79. The fourth-order valence-corrected chi connectivity index (χ4v) is 2.43. The van der Waals surface area contributed by atoms with Gasteiger partial charge in [-0.25, -0.2) is 0 Å². The van der Waals surface area contributed by atoms with E-state index < -0.39 is 24.0 Å². The summed E-state index contributed by atoms with van der Waals surface area (Å²) in [4.78, 5) is 44.4. The molecule has 0 aliphatic rings. The van der Waals surface area contributed by atoms with Crippen molar-refractivity contribution in [1.82, 2.24) is 10.6 Å². The minimum absolute atomic E-state index is 0.0855. The van der Waals surface area contributed by atoms with Gasteiger partial charge in [0, 0.05) is 25.9 Å². The number of carboxylic acids is 2. The fourth-order valence-electron chi connectivity index (χ4n) is 2.43. The molecule has 2 amide bonds. The van der Waals surface area contributed by atoms with Gasteiger partial charge in [0.05, 0.1) is 0 Å². The normalized spacial score (nSPS) is 12.8. The number of carbonyl (C=O) groups excluding carboxylic acids is 2. The largest absolute Gasteiger partial charge is 0.480 e. The lowest BCUT2D eigenvalue weighted by Gasteiger charge is -2.08. The van der Waals surface area contributed by atoms with Crippen LogP contribution < -0.4 is 22.1 Å². The summed E-state index contributed by atoms with van der Waals surface area (Å²) in [5.41, 5.74) is 10.8. The first-order valence-electron chi connectivity index (χ1n) is 9.74. The summed E-state index contributed by atoms with van der Waals surface area (Å²) in [6.07, 6.45) is 5.28. The summed E-state index contributed by atoms with van der Waals surface area (Å²) in [6.45, 7) is 0.967. The third-order valence-corrected chi connectivity index (χ3v) is 4.22. The van der Waals surface area contributed by atoms with Crippen LogP contribution in [-0.4, -0.2) is 59.1 Å². The standard InChI is InChI=1S/C18H34N4O6/c19-13(17(25)26)7-3-5-11-21-15(23)9-1-2-10-16(24)22-12-6-4-8-14(20)18(27)28/h13-14H,1-12,19-20H2,(H,21,23)(H,22,24)(H,25,26)(H,27,28)/t13-,14-/m0/s1. The molecule has 2 atom stereocenters. The van der Waals surface area contributed by atoms with Crippen molar-refractivity contribution in [3.8, 4) is 0 Å². The Bertz CT molecular complexity index is 456. The Labute approximate surface area is 165 Å². The van der Waals surface area contributed by atoms with Gasteiger partial charge in [0.1, 0.15) is 12.1 Å². The maximum absolute atomic E-state index is 11.7. The van der Waals surface area contributed by atoms with Gasteiger partial charge in [-0.2, -0.15) is 0 Å². The predicted octanol–water partition coefficient (Wildman–Crippen LogP) is -0.0564. The number of hydrogen-bond donors (Lipinski definition) is 6. The summed E-state index contributed by atoms with van der Waals surface area (Å²) in [6, 6.07) is -1.71. The second-order valence-corrected chi connectivity index (χ2v) is 6.79. The molecule has 0 aromatic rings. The Morgan fingerprint density at radius 3 is 1.32 bits per heavy atom. The molecule has 8 N–H and O–H groups in total. The minimum Gasteiger partial charge on any atom is -0.480 e. The zero-order valence-corrected chi connectivity index (χ0v) is 16.3. The van der Waals surface area contributed by atoms with E-state index in [2.05, 4.69) is 10.6 Å². The molecule has 0 spiro atoms. The number of nitrogens with one attached hydrogen (secondary N) is 2. The number of amides is 2. The first-order chi connectivity index (χ1) is 13.2. The van der Waals surface area contributed by atoms with Crippen LogP contribution in [0.3, 0.4) is 0 Å². The van der Waals surface area contributed by atoms with Gasteiger partial charge in [0.2, 0.25) is 11.8 Å². The van der Waals surface area contributed by atoms with Gasteiger partial charge >= 0.3 is 11.9 Å². The van der Waals surface area contributed by atoms with Crippen molar-refractivity contribution in [3.63, 3.8) is 0 Å².